The largest absolute Gasteiger partial charge is 0.489 e. The maximum Gasteiger partial charge on any atom is 0.302 e. The average molecular weight is 346 g/mol. The van der Waals surface area contributed by atoms with Crippen molar-refractivity contribution in [1.29, 1.82) is 0 Å². The summed E-state index contributed by atoms with van der Waals surface area (Å²) in [5.74, 6) is 0.554. The Morgan fingerprint density at radius 2 is 1.50 bits per heavy atom. The predicted molar refractivity (Wildman–Crippen MR) is 103 cm³/mol. The molecule has 0 atom stereocenters. The van der Waals surface area contributed by atoms with E-state index in [1.165, 1.54) is 6.92 Å². The molecule has 132 valence electrons. The van der Waals surface area contributed by atoms with Gasteiger partial charge in [0, 0.05) is 13.3 Å². The van der Waals surface area contributed by atoms with Crippen molar-refractivity contribution >= 4 is 5.97 Å². The highest BCUT2D eigenvalue weighted by Gasteiger charge is 2.06. The summed E-state index contributed by atoms with van der Waals surface area (Å²) in [5.41, 5.74) is 4.43. The van der Waals surface area contributed by atoms with Gasteiger partial charge in [-0.3, -0.25) is 4.79 Å². The van der Waals surface area contributed by atoms with E-state index in [1.54, 1.807) is 0 Å². The number of rotatable bonds is 7. The third-order valence-electron chi connectivity index (χ3n) is 4.02. The van der Waals surface area contributed by atoms with Gasteiger partial charge >= 0.3 is 5.97 Å². The Labute approximate surface area is 154 Å². The maximum atomic E-state index is 11.0. The Morgan fingerprint density at radius 1 is 0.808 bits per heavy atom. The highest BCUT2D eigenvalue weighted by atomic mass is 16.5. The molecule has 26 heavy (non-hydrogen) atoms. The van der Waals surface area contributed by atoms with Gasteiger partial charge < -0.3 is 9.47 Å². The smallest absolute Gasteiger partial charge is 0.302 e. The molecular weight excluding hydrogens is 324 g/mol. The highest BCUT2D eigenvalue weighted by Crippen LogP contribution is 2.27. The first-order chi connectivity index (χ1) is 12.7. The maximum absolute atomic E-state index is 11.0. The number of hydrogen-bond acceptors (Lipinski definition) is 3. The molecule has 0 saturated carbocycles. The molecule has 0 aromatic heterocycles. The van der Waals surface area contributed by atoms with Crippen molar-refractivity contribution in [3.8, 4) is 16.9 Å². The number of benzene rings is 3. The van der Waals surface area contributed by atoms with E-state index in [0.29, 0.717) is 19.6 Å². The first kappa shape index (κ1) is 17.7. The lowest BCUT2D eigenvalue weighted by Crippen LogP contribution is -2.04. The van der Waals surface area contributed by atoms with Crippen LogP contribution in [0.1, 0.15) is 18.1 Å². The van der Waals surface area contributed by atoms with Gasteiger partial charge in [0.1, 0.15) is 12.4 Å². The van der Waals surface area contributed by atoms with Gasteiger partial charge in [0.05, 0.1) is 6.61 Å². The van der Waals surface area contributed by atoms with Gasteiger partial charge in [0.25, 0.3) is 0 Å². The van der Waals surface area contributed by atoms with Crippen LogP contribution in [-0.2, 0) is 22.6 Å². The van der Waals surface area contributed by atoms with Crippen LogP contribution in [0.4, 0.5) is 0 Å². The van der Waals surface area contributed by atoms with Crippen molar-refractivity contribution in [2.45, 2.75) is 20.0 Å². The van der Waals surface area contributed by atoms with Gasteiger partial charge in [-0.1, -0.05) is 66.7 Å². The summed E-state index contributed by atoms with van der Waals surface area (Å²) in [6.07, 6.45) is 0.655. The molecule has 0 bridgehead atoms. The fourth-order valence-electron chi connectivity index (χ4n) is 2.74. The molecule has 0 fully saturated rings. The number of ether oxygens (including phenoxy) is 2. The van der Waals surface area contributed by atoms with Crippen LogP contribution >= 0.6 is 0 Å². The zero-order valence-electron chi connectivity index (χ0n) is 14.9. The average Bonchev–Trinajstić information content (AvgIpc) is 2.67. The third kappa shape index (κ3) is 5.21. The molecule has 3 nitrogen and oxygen atoms in total. The molecule has 0 saturated heterocycles. The van der Waals surface area contributed by atoms with Gasteiger partial charge in [-0.05, 0) is 34.4 Å². The Bertz CT molecular complexity index is 842. The first-order valence-corrected chi connectivity index (χ1v) is 8.70. The van der Waals surface area contributed by atoms with E-state index in [2.05, 4.69) is 18.2 Å². The van der Waals surface area contributed by atoms with E-state index in [0.717, 1.165) is 28.0 Å². The van der Waals surface area contributed by atoms with Crippen LogP contribution in [-0.4, -0.2) is 12.6 Å². The van der Waals surface area contributed by atoms with E-state index in [1.807, 2.05) is 60.7 Å². The Hall–Kier alpha value is -3.07. The summed E-state index contributed by atoms with van der Waals surface area (Å²) in [4.78, 5) is 11.0. The molecular formula is C23H22O3. The fourth-order valence-corrected chi connectivity index (χ4v) is 2.74. The summed E-state index contributed by atoms with van der Waals surface area (Å²) in [6.45, 7) is 2.31. The number of carbonyl (C=O) groups is 1. The second-order valence-corrected chi connectivity index (χ2v) is 6.10. The van der Waals surface area contributed by atoms with Crippen LogP contribution in [0.15, 0.2) is 78.9 Å². The van der Waals surface area contributed by atoms with E-state index in [9.17, 15) is 4.79 Å². The van der Waals surface area contributed by atoms with Gasteiger partial charge in [-0.25, -0.2) is 0 Å². The summed E-state index contributed by atoms with van der Waals surface area (Å²) < 4.78 is 11.1. The van der Waals surface area contributed by atoms with Crippen molar-refractivity contribution in [2.75, 3.05) is 6.61 Å². The van der Waals surface area contributed by atoms with Crippen LogP contribution < -0.4 is 4.74 Å². The van der Waals surface area contributed by atoms with Crippen LogP contribution in [0, 0.1) is 0 Å². The van der Waals surface area contributed by atoms with Gasteiger partial charge in [0.15, 0.2) is 0 Å². The Balaban J connectivity index is 1.81. The number of esters is 1. The highest BCUT2D eigenvalue weighted by molar-refractivity contribution is 5.67. The summed E-state index contributed by atoms with van der Waals surface area (Å²) in [6, 6.07) is 26.5. The summed E-state index contributed by atoms with van der Waals surface area (Å²) >= 11 is 0. The topological polar surface area (TPSA) is 35.5 Å². The lowest BCUT2D eigenvalue weighted by Gasteiger charge is -2.12. The Kier molecular flexibility index (Phi) is 6.05. The minimum absolute atomic E-state index is 0.259. The monoisotopic (exact) mass is 346 g/mol. The van der Waals surface area contributed by atoms with Crippen molar-refractivity contribution in [3.63, 3.8) is 0 Å². The second-order valence-electron chi connectivity index (χ2n) is 6.10. The molecule has 3 aromatic carbocycles. The van der Waals surface area contributed by atoms with Gasteiger partial charge in [-0.2, -0.15) is 0 Å². The summed E-state index contributed by atoms with van der Waals surface area (Å²) in [5, 5.41) is 0. The van der Waals surface area contributed by atoms with Crippen molar-refractivity contribution in [2.24, 2.45) is 0 Å². The van der Waals surface area contributed by atoms with Crippen LogP contribution in [0.5, 0.6) is 5.75 Å². The van der Waals surface area contributed by atoms with Crippen molar-refractivity contribution in [3.05, 3.63) is 90.0 Å². The lowest BCUT2D eigenvalue weighted by atomic mass is 10.0. The predicted octanol–water partition coefficient (Wildman–Crippen LogP) is 5.04. The molecule has 0 heterocycles. The molecule has 0 unspecified atom stereocenters. The lowest BCUT2D eigenvalue weighted by molar-refractivity contribution is -0.140. The molecule has 3 rings (SSSR count). The molecule has 3 heteroatoms. The van der Waals surface area contributed by atoms with Gasteiger partial charge in [0.2, 0.25) is 0 Å². The molecule has 0 aliphatic rings. The fraction of sp³-hybridized carbons (Fsp3) is 0.174. The molecule has 0 aliphatic heterocycles. The Morgan fingerprint density at radius 3 is 2.19 bits per heavy atom. The SMILES string of the molecule is CC(=O)OCCc1cc(OCc2ccccc2)cc(-c2ccccc2)c1. The van der Waals surface area contributed by atoms with Crippen LogP contribution in [0.3, 0.4) is 0 Å². The molecule has 0 aliphatic carbocycles. The van der Waals surface area contributed by atoms with Crippen molar-refractivity contribution < 1.29 is 14.3 Å². The molecule has 3 aromatic rings. The molecule has 0 spiro atoms. The minimum Gasteiger partial charge on any atom is -0.489 e. The quantitative estimate of drug-likeness (QED) is 0.562. The molecule has 0 amide bonds. The zero-order valence-corrected chi connectivity index (χ0v) is 14.9. The van der Waals surface area contributed by atoms with Crippen molar-refractivity contribution in [1.82, 2.24) is 0 Å². The third-order valence-corrected chi connectivity index (χ3v) is 4.02. The second kappa shape index (κ2) is 8.86. The standard InChI is InChI=1S/C23H22O3/c1-18(24)25-13-12-20-14-22(21-10-6-3-7-11-21)16-23(15-20)26-17-19-8-4-2-5-9-19/h2-11,14-16H,12-13,17H2,1H3. The number of hydrogen-bond donors (Lipinski definition) is 0. The first-order valence-electron chi connectivity index (χ1n) is 8.70. The number of carbonyl (C=O) groups excluding carboxylic acids is 1. The van der Waals surface area contributed by atoms with Crippen LogP contribution in [0.25, 0.3) is 11.1 Å². The molecule has 0 N–H and O–H groups in total. The van der Waals surface area contributed by atoms with E-state index in [4.69, 9.17) is 9.47 Å². The summed E-state index contributed by atoms with van der Waals surface area (Å²) in [7, 11) is 0. The minimum atomic E-state index is -0.259. The van der Waals surface area contributed by atoms with Gasteiger partial charge in [-0.15, -0.1) is 0 Å². The normalized spacial score (nSPS) is 10.3. The van der Waals surface area contributed by atoms with Crippen LogP contribution in [0.2, 0.25) is 0 Å². The molecule has 0 radical (unpaired) electrons. The van der Waals surface area contributed by atoms with E-state index in [-0.39, 0.29) is 5.97 Å². The zero-order chi connectivity index (χ0) is 18.2. The van der Waals surface area contributed by atoms with E-state index >= 15 is 0 Å². The van der Waals surface area contributed by atoms with E-state index < -0.39 is 0 Å².